The Kier molecular flexibility index (Phi) is 5.58. The molecule has 0 atom stereocenters. The van der Waals surface area contributed by atoms with Crippen LogP contribution in [0.15, 0.2) is 60.8 Å². The summed E-state index contributed by atoms with van der Waals surface area (Å²) in [7, 11) is 0. The summed E-state index contributed by atoms with van der Waals surface area (Å²) in [6, 6.07) is 17.3. The van der Waals surface area contributed by atoms with Gasteiger partial charge in [0.1, 0.15) is 11.8 Å². The third-order valence-electron chi connectivity index (χ3n) is 3.62. The summed E-state index contributed by atoms with van der Waals surface area (Å²) >= 11 is 0. The highest BCUT2D eigenvalue weighted by Crippen LogP contribution is 2.19. The van der Waals surface area contributed by atoms with Gasteiger partial charge in [0.15, 0.2) is 0 Å². The van der Waals surface area contributed by atoms with Crippen LogP contribution in [0.2, 0.25) is 0 Å². The van der Waals surface area contributed by atoms with E-state index in [9.17, 15) is 9.59 Å². The number of anilines is 4. The van der Waals surface area contributed by atoms with Gasteiger partial charge in [0.05, 0.1) is 11.3 Å². The molecule has 28 heavy (non-hydrogen) atoms. The van der Waals surface area contributed by atoms with Gasteiger partial charge in [-0.15, -0.1) is 0 Å². The van der Waals surface area contributed by atoms with E-state index in [1.807, 2.05) is 0 Å². The lowest BCUT2D eigenvalue weighted by Crippen LogP contribution is -2.15. The Labute approximate surface area is 161 Å². The average Bonchev–Trinajstić information content (AvgIpc) is 2.68. The largest absolute Gasteiger partial charge is 0.326 e. The van der Waals surface area contributed by atoms with Crippen molar-refractivity contribution in [1.82, 2.24) is 9.97 Å². The van der Waals surface area contributed by atoms with Gasteiger partial charge >= 0.3 is 0 Å². The summed E-state index contributed by atoms with van der Waals surface area (Å²) in [6.45, 7) is 1.41. The highest BCUT2D eigenvalue weighted by Gasteiger charge is 2.11. The zero-order chi connectivity index (χ0) is 19.9. The average molecular weight is 372 g/mol. The van der Waals surface area contributed by atoms with Gasteiger partial charge in [-0.2, -0.15) is 5.26 Å². The minimum Gasteiger partial charge on any atom is -0.326 e. The highest BCUT2D eigenvalue weighted by atomic mass is 16.2. The second-order valence-corrected chi connectivity index (χ2v) is 5.76. The van der Waals surface area contributed by atoms with E-state index in [4.69, 9.17) is 5.26 Å². The molecule has 0 bridgehead atoms. The summed E-state index contributed by atoms with van der Waals surface area (Å²) in [6.07, 6.45) is 1.45. The second-order valence-electron chi connectivity index (χ2n) is 5.76. The first-order valence-corrected chi connectivity index (χ1v) is 8.33. The Morgan fingerprint density at radius 2 is 1.75 bits per heavy atom. The van der Waals surface area contributed by atoms with E-state index in [1.165, 1.54) is 19.2 Å². The number of nitrogens with one attached hydrogen (secondary N) is 3. The Morgan fingerprint density at radius 1 is 1.00 bits per heavy atom. The van der Waals surface area contributed by atoms with Crippen LogP contribution in [0.25, 0.3) is 0 Å². The number of carbonyl (C=O) groups is 2. The maximum absolute atomic E-state index is 12.5. The van der Waals surface area contributed by atoms with Gasteiger partial charge in [0.25, 0.3) is 5.91 Å². The van der Waals surface area contributed by atoms with Crippen molar-refractivity contribution in [2.45, 2.75) is 6.92 Å². The molecule has 1 heterocycles. The second kappa shape index (κ2) is 8.42. The van der Waals surface area contributed by atoms with Crippen LogP contribution in [0, 0.1) is 11.3 Å². The number of benzene rings is 2. The molecule has 0 saturated heterocycles. The first-order chi connectivity index (χ1) is 13.5. The normalized spacial score (nSPS) is 9.86. The predicted molar refractivity (Wildman–Crippen MR) is 105 cm³/mol. The van der Waals surface area contributed by atoms with Crippen LogP contribution in [-0.4, -0.2) is 21.8 Å². The van der Waals surface area contributed by atoms with Crippen molar-refractivity contribution in [3.8, 4) is 6.07 Å². The Morgan fingerprint density at radius 3 is 2.50 bits per heavy atom. The molecular weight excluding hydrogens is 356 g/mol. The van der Waals surface area contributed by atoms with E-state index < -0.39 is 5.91 Å². The van der Waals surface area contributed by atoms with Crippen molar-refractivity contribution in [3.63, 3.8) is 0 Å². The number of hydrogen-bond acceptors (Lipinski definition) is 6. The molecule has 3 N–H and O–H groups in total. The third kappa shape index (κ3) is 4.68. The molecule has 0 aliphatic heterocycles. The Balaban J connectivity index is 1.76. The fraction of sp³-hybridized carbons (Fsp3) is 0.0500. The molecule has 0 saturated carbocycles. The third-order valence-corrected chi connectivity index (χ3v) is 3.62. The minimum absolute atomic E-state index is 0.150. The number of para-hydroxylation sites is 1. The zero-order valence-corrected chi connectivity index (χ0v) is 14.9. The number of rotatable bonds is 5. The molecule has 138 valence electrons. The van der Waals surface area contributed by atoms with Crippen LogP contribution in [0.1, 0.15) is 23.0 Å². The van der Waals surface area contributed by atoms with Gasteiger partial charge in [-0.05, 0) is 36.4 Å². The van der Waals surface area contributed by atoms with Crippen molar-refractivity contribution in [2.75, 3.05) is 16.0 Å². The topological polar surface area (TPSA) is 120 Å². The van der Waals surface area contributed by atoms with Crippen molar-refractivity contribution < 1.29 is 9.59 Å². The standard InChI is InChI=1S/C20H16N6O2/c1-13(27)23-15-6-4-7-16(11-15)24-19(28)18-9-10-22-20(26-18)25-17-8-3-2-5-14(17)12-21/h2-11H,1H3,(H,23,27)(H,24,28)(H,22,25,26). The molecule has 2 aromatic carbocycles. The van der Waals surface area contributed by atoms with Crippen molar-refractivity contribution in [1.29, 1.82) is 5.26 Å². The molecule has 0 aliphatic rings. The van der Waals surface area contributed by atoms with Gasteiger partial charge in [-0.3, -0.25) is 9.59 Å². The van der Waals surface area contributed by atoms with Crippen LogP contribution in [0.3, 0.4) is 0 Å². The molecule has 0 fully saturated rings. The van der Waals surface area contributed by atoms with E-state index in [1.54, 1.807) is 48.5 Å². The van der Waals surface area contributed by atoms with Gasteiger partial charge in [-0.1, -0.05) is 18.2 Å². The molecule has 3 aromatic rings. The van der Waals surface area contributed by atoms with E-state index in [2.05, 4.69) is 32.0 Å². The molecule has 8 heteroatoms. The molecule has 0 aliphatic carbocycles. The monoisotopic (exact) mass is 372 g/mol. The van der Waals surface area contributed by atoms with Gasteiger partial charge in [0, 0.05) is 24.5 Å². The van der Waals surface area contributed by atoms with E-state index in [0.717, 1.165) is 0 Å². The maximum atomic E-state index is 12.5. The first-order valence-electron chi connectivity index (χ1n) is 8.33. The number of amides is 2. The lowest BCUT2D eigenvalue weighted by Gasteiger charge is -2.09. The molecular formula is C20H16N6O2. The molecule has 8 nitrogen and oxygen atoms in total. The first kappa shape index (κ1) is 18.5. The molecule has 0 unspecified atom stereocenters. The van der Waals surface area contributed by atoms with Crippen LogP contribution in [0.4, 0.5) is 23.0 Å². The summed E-state index contributed by atoms with van der Waals surface area (Å²) in [5.41, 5.74) is 2.22. The van der Waals surface area contributed by atoms with Crippen LogP contribution >= 0.6 is 0 Å². The summed E-state index contributed by atoms with van der Waals surface area (Å²) in [5, 5.41) is 17.5. The number of nitriles is 1. The Hall–Kier alpha value is -4.25. The fourth-order valence-electron chi connectivity index (χ4n) is 2.43. The van der Waals surface area contributed by atoms with Crippen LogP contribution < -0.4 is 16.0 Å². The van der Waals surface area contributed by atoms with Crippen molar-refractivity contribution >= 4 is 34.8 Å². The molecule has 2 amide bonds. The van der Waals surface area contributed by atoms with Gasteiger partial charge in [-0.25, -0.2) is 9.97 Å². The minimum atomic E-state index is -0.431. The van der Waals surface area contributed by atoms with Crippen molar-refractivity contribution in [3.05, 3.63) is 72.1 Å². The lowest BCUT2D eigenvalue weighted by atomic mass is 10.2. The fourth-order valence-corrected chi connectivity index (χ4v) is 2.43. The quantitative estimate of drug-likeness (QED) is 0.632. The summed E-state index contributed by atoms with van der Waals surface area (Å²) in [5.74, 6) is -0.436. The van der Waals surface area contributed by atoms with Crippen molar-refractivity contribution in [2.24, 2.45) is 0 Å². The SMILES string of the molecule is CC(=O)Nc1cccc(NC(=O)c2ccnc(Nc3ccccc3C#N)n2)c1. The molecule has 0 spiro atoms. The molecule has 1 aromatic heterocycles. The smallest absolute Gasteiger partial charge is 0.274 e. The van der Waals surface area contributed by atoms with E-state index in [-0.39, 0.29) is 17.5 Å². The number of nitrogens with zero attached hydrogens (tertiary/aromatic N) is 3. The van der Waals surface area contributed by atoms with E-state index >= 15 is 0 Å². The predicted octanol–water partition coefficient (Wildman–Crippen LogP) is 3.30. The number of hydrogen-bond donors (Lipinski definition) is 3. The summed E-state index contributed by atoms with van der Waals surface area (Å²) in [4.78, 5) is 31.9. The lowest BCUT2D eigenvalue weighted by molar-refractivity contribution is -0.114. The number of aromatic nitrogens is 2. The molecule has 0 radical (unpaired) electrons. The van der Waals surface area contributed by atoms with Gasteiger partial charge in [0.2, 0.25) is 11.9 Å². The summed E-state index contributed by atoms with van der Waals surface area (Å²) < 4.78 is 0. The maximum Gasteiger partial charge on any atom is 0.274 e. The van der Waals surface area contributed by atoms with Gasteiger partial charge < -0.3 is 16.0 Å². The van der Waals surface area contributed by atoms with Crippen LogP contribution in [-0.2, 0) is 4.79 Å². The highest BCUT2D eigenvalue weighted by molar-refractivity contribution is 6.03. The Bertz CT molecular complexity index is 1070. The zero-order valence-electron chi connectivity index (χ0n) is 14.9. The van der Waals surface area contributed by atoms with Crippen LogP contribution in [0.5, 0.6) is 0 Å². The molecule has 3 rings (SSSR count). The van der Waals surface area contributed by atoms with E-state index in [0.29, 0.717) is 22.6 Å². The number of carbonyl (C=O) groups excluding carboxylic acids is 2.